The lowest BCUT2D eigenvalue weighted by atomic mass is 10.2. The van der Waals surface area contributed by atoms with Crippen LogP contribution in [0.5, 0.6) is 11.5 Å². The number of hydrogen-bond donors (Lipinski definition) is 1. The van der Waals surface area contributed by atoms with Gasteiger partial charge in [0.1, 0.15) is 6.61 Å². The van der Waals surface area contributed by atoms with Crippen LogP contribution < -0.4 is 14.8 Å². The van der Waals surface area contributed by atoms with Gasteiger partial charge in [-0.1, -0.05) is 23.7 Å². The van der Waals surface area contributed by atoms with E-state index in [1.165, 1.54) is 22.7 Å². The zero-order valence-electron chi connectivity index (χ0n) is 12.2. The van der Waals surface area contributed by atoms with Crippen molar-refractivity contribution in [2.45, 2.75) is 6.10 Å². The van der Waals surface area contributed by atoms with Crippen LogP contribution in [0.15, 0.2) is 41.8 Å². The number of nitrogens with zero attached hydrogens (tertiary/aromatic N) is 1. The maximum absolute atomic E-state index is 12.4. The number of hydrogen-bond acceptors (Lipinski definition) is 6. The Morgan fingerprint density at radius 3 is 2.88 bits per heavy atom. The number of carbonyl (C=O) groups excluding carboxylic acids is 1. The highest BCUT2D eigenvalue weighted by Gasteiger charge is 2.27. The van der Waals surface area contributed by atoms with Crippen molar-refractivity contribution >= 4 is 45.3 Å². The first-order valence-electron chi connectivity index (χ1n) is 7.09. The van der Waals surface area contributed by atoms with Crippen LogP contribution in [0.2, 0.25) is 4.34 Å². The molecule has 1 atom stereocenters. The first-order valence-corrected chi connectivity index (χ1v) is 9.17. The van der Waals surface area contributed by atoms with Crippen LogP contribution in [-0.4, -0.2) is 23.6 Å². The summed E-state index contributed by atoms with van der Waals surface area (Å²) in [6.07, 6.45) is -0.705. The lowest BCUT2D eigenvalue weighted by Crippen LogP contribution is -2.40. The first-order chi connectivity index (χ1) is 11.7. The number of fused-ring (bicyclic) bond motifs is 1. The lowest BCUT2D eigenvalue weighted by molar-refractivity contribution is -0.125. The summed E-state index contributed by atoms with van der Waals surface area (Å²) in [6, 6.07) is 11.0. The van der Waals surface area contributed by atoms with Crippen LogP contribution in [0.4, 0.5) is 5.13 Å². The maximum Gasteiger partial charge on any atom is 0.270 e. The minimum Gasteiger partial charge on any atom is -0.485 e. The molecule has 1 aromatic carbocycles. The van der Waals surface area contributed by atoms with Gasteiger partial charge in [-0.05, 0) is 24.3 Å². The molecule has 0 bridgehead atoms. The van der Waals surface area contributed by atoms with Crippen molar-refractivity contribution in [3.05, 3.63) is 46.1 Å². The smallest absolute Gasteiger partial charge is 0.270 e. The molecular weight excluding hydrogens is 368 g/mol. The molecule has 0 aliphatic carbocycles. The standard InChI is InChI=1S/C16H11ClN2O3S2/c17-14-6-5-13(24-14)9-8-23-16(18-9)19-15(20)12-7-21-10-3-1-2-4-11(10)22-12/h1-6,8,12H,7H2,(H,18,19,20)/t12-/m0/s1. The molecular formula is C16H11ClN2O3S2. The van der Waals surface area contributed by atoms with E-state index in [-0.39, 0.29) is 12.5 Å². The summed E-state index contributed by atoms with van der Waals surface area (Å²) in [5, 5.41) is 5.17. The van der Waals surface area contributed by atoms with Gasteiger partial charge >= 0.3 is 0 Å². The number of thiophene rings is 1. The van der Waals surface area contributed by atoms with Gasteiger partial charge in [0.15, 0.2) is 16.6 Å². The third-order valence-electron chi connectivity index (χ3n) is 3.36. The summed E-state index contributed by atoms with van der Waals surface area (Å²) in [7, 11) is 0. The Kier molecular flexibility index (Phi) is 4.13. The van der Waals surface area contributed by atoms with Crippen LogP contribution in [0.25, 0.3) is 10.6 Å². The Balaban J connectivity index is 1.44. The number of carbonyl (C=O) groups is 1. The van der Waals surface area contributed by atoms with Crippen LogP contribution in [0.3, 0.4) is 0 Å². The van der Waals surface area contributed by atoms with Gasteiger partial charge < -0.3 is 9.47 Å². The van der Waals surface area contributed by atoms with Crippen LogP contribution >= 0.6 is 34.3 Å². The predicted octanol–water partition coefficient (Wildman–Crippen LogP) is 4.30. The second-order valence-electron chi connectivity index (χ2n) is 5.00. The number of benzene rings is 1. The largest absolute Gasteiger partial charge is 0.485 e. The molecule has 24 heavy (non-hydrogen) atoms. The fourth-order valence-electron chi connectivity index (χ4n) is 2.23. The molecule has 1 aliphatic heterocycles. The highest BCUT2D eigenvalue weighted by molar-refractivity contribution is 7.20. The lowest BCUT2D eigenvalue weighted by Gasteiger charge is -2.25. The monoisotopic (exact) mass is 378 g/mol. The van der Waals surface area contributed by atoms with Crippen molar-refractivity contribution in [2.24, 2.45) is 0 Å². The Labute approximate surface area is 150 Å². The molecule has 4 rings (SSSR count). The predicted molar refractivity (Wildman–Crippen MR) is 95.4 cm³/mol. The Morgan fingerprint density at radius 1 is 1.25 bits per heavy atom. The maximum atomic E-state index is 12.4. The zero-order chi connectivity index (χ0) is 16.5. The van der Waals surface area contributed by atoms with Crippen molar-refractivity contribution in [3.63, 3.8) is 0 Å². The van der Waals surface area contributed by atoms with Gasteiger partial charge in [-0.2, -0.15) is 0 Å². The van der Waals surface area contributed by atoms with Crippen LogP contribution in [0, 0.1) is 0 Å². The first kappa shape index (κ1) is 15.4. The van der Waals surface area contributed by atoms with Gasteiger partial charge in [0, 0.05) is 5.38 Å². The number of anilines is 1. The Bertz CT molecular complexity index is 893. The highest BCUT2D eigenvalue weighted by Crippen LogP contribution is 2.34. The van der Waals surface area contributed by atoms with Crippen molar-refractivity contribution in [1.29, 1.82) is 0 Å². The Morgan fingerprint density at radius 2 is 2.08 bits per heavy atom. The fraction of sp³-hybridized carbons (Fsp3) is 0.125. The number of amides is 1. The average Bonchev–Trinajstić information content (AvgIpc) is 3.23. The number of aromatic nitrogens is 1. The summed E-state index contributed by atoms with van der Waals surface area (Å²) in [5.41, 5.74) is 0.790. The Hall–Kier alpha value is -2.09. The van der Waals surface area contributed by atoms with Gasteiger partial charge in [0.05, 0.1) is 14.9 Å². The fourth-order valence-corrected chi connectivity index (χ4v) is 4.02. The normalized spacial score (nSPS) is 16.0. The minimum absolute atomic E-state index is 0.168. The van der Waals surface area contributed by atoms with Gasteiger partial charge in [-0.25, -0.2) is 4.98 Å². The van der Waals surface area contributed by atoms with Gasteiger partial charge in [-0.15, -0.1) is 22.7 Å². The zero-order valence-corrected chi connectivity index (χ0v) is 14.6. The molecule has 0 spiro atoms. The van der Waals surface area contributed by atoms with E-state index in [9.17, 15) is 4.79 Å². The SMILES string of the molecule is O=C(Nc1nc(-c2ccc(Cl)s2)cs1)[C@@H]1COc2ccccc2O1. The third kappa shape index (κ3) is 3.10. The summed E-state index contributed by atoms with van der Waals surface area (Å²) in [6.45, 7) is 0.168. The van der Waals surface area contributed by atoms with E-state index < -0.39 is 6.10 Å². The third-order valence-corrected chi connectivity index (χ3v) is 5.37. The van der Waals surface area contributed by atoms with Crippen molar-refractivity contribution in [3.8, 4) is 22.1 Å². The van der Waals surface area contributed by atoms with E-state index in [4.69, 9.17) is 21.1 Å². The molecule has 0 fully saturated rings. The van der Waals surface area contributed by atoms with Gasteiger partial charge in [0.2, 0.25) is 6.10 Å². The molecule has 1 aliphatic rings. The number of ether oxygens (including phenoxy) is 2. The number of halogens is 1. The second kappa shape index (κ2) is 6.43. The summed E-state index contributed by atoms with van der Waals surface area (Å²) < 4.78 is 11.9. The van der Waals surface area contributed by atoms with Crippen molar-refractivity contribution in [1.82, 2.24) is 4.98 Å². The van der Waals surface area contributed by atoms with E-state index in [0.29, 0.717) is 21.0 Å². The molecule has 5 nitrogen and oxygen atoms in total. The molecule has 3 aromatic rings. The van der Waals surface area contributed by atoms with Gasteiger partial charge in [-0.3, -0.25) is 10.1 Å². The quantitative estimate of drug-likeness (QED) is 0.738. The van der Waals surface area contributed by atoms with Crippen LogP contribution in [-0.2, 0) is 4.79 Å². The minimum atomic E-state index is -0.705. The van der Waals surface area contributed by atoms with Crippen molar-refractivity contribution in [2.75, 3.05) is 11.9 Å². The molecule has 122 valence electrons. The van der Waals surface area contributed by atoms with Crippen molar-refractivity contribution < 1.29 is 14.3 Å². The number of para-hydroxylation sites is 2. The van der Waals surface area contributed by atoms with E-state index in [2.05, 4.69) is 10.3 Å². The van der Waals surface area contributed by atoms with Crippen LogP contribution in [0.1, 0.15) is 0 Å². The second-order valence-corrected chi connectivity index (χ2v) is 7.57. The van der Waals surface area contributed by atoms with Gasteiger partial charge in [0.25, 0.3) is 5.91 Å². The van der Waals surface area contributed by atoms with E-state index in [1.54, 1.807) is 6.07 Å². The molecule has 0 unspecified atom stereocenters. The molecule has 8 heteroatoms. The molecule has 3 heterocycles. The summed E-state index contributed by atoms with van der Waals surface area (Å²) in [4.78, 5) is 17.7. The molecule has 1 N–H and O–H groups in total. The molecule has 2 aromatic heterocycles. The average molecular weight is 379 g/mol. The summed E-state index contributed by atoms with van der Waals surface area (Å²) >= 11 is 8.74. The topological polar surface area (TPSA) is 60.5 Å². The molecule has 0 saturated heterocycles. The molecule has 0 saturated carbocycles. The molecule has 0 radical (unpaired) electrons. The van der Waals surface area contributed by atoms with E-state index in [1.807, 2.05) is 35.7 Å². The van der Waals surface area contributed by atoms with E-state index >= 15 is 0 Å². The number of thiazole rings is 1. The highest BCUT2D eigenvalue weighted by atomic mass is 35.5. The number of rotatable bonds is 3. The molecule has 1 amide bonds. The number of nitrogens with one attached hydrogen (secondary N) is 1. The van der Waals surface area contributed by atoms with E-state index in [0.717, 1.165) is 10.6 Å². The summed E-state index contributed by atoms with van der Waals surface area (Å²) in [5.74, 6) is 0.930.